The zero-order valence-electron chi connectivity index (χ0n) is 14.8. The van der Waals surface area contributed by atoms with Gasteiger partial charge in [0.25, 0.3) is 0 Å². The number of anilines is 1. The van der Waals surface area contributed by atoms with Gasteiger partial charge in [0.1, 0.15) is 0 Å². The summed E-state index contributed by atoms with van der Waals surface area (Å²) in [4.78, 5) is 15.1. The van der Waals surface area contributed by atoms with E-state index in [0.717, 1.165) is 43.7 Å². The quantitative estimate of drug-likeness (QED) is 0.422. The monoisotopic (exact) mass is 471 g/mol. The van der Waals surface area contributed by atoms with Crippen LogP contribution in [-0.4, -0.2) is 48.6 Å². The predicted octanol–water partition coefficient (Wildman–Crippen LogP) is 3.36. The van der Waals surface area contributed by atoms with E-state index in [9.17, 15) is 0 Å². The van der Waals surface area contributed by atoms with E-state index >= 15 is 0 Å². The second kappa shape index (κ2) is 9.96. The third kappa shape index (κ3) is 5.57. The molecule has 1 aromatic heterocycles. The third-order valence-electron chi connectivity index (χ3n) is 4.09. The Kier molecular flexibility index (Phi) is 7.95. The number of benzene rings is 1. The standard InChI is InChI=1S/C18H25N5S.HI/c1-3-19-18(21-14-17-13-20-15(2)24-17)23-11-9-22(10-12-23)16-7-5-4-6-8-16;/h4-8,13H,3,9-12,14H2,1-2H3,(H,19,21);1H. The van der Waals surface area contributed by atoms with Gasteiger partial charge in [0, 0.05) is 49.5 Å². The number of hydrogen-bond donors (Lipinski definition) is 1. The molecule has 1 fully saturated rings. The minimum Gasteiger partial charge on any atom is -0.368 e. The Labute approximate surface area is 171 Å². The molecule has 1 aromatic carbocycles. The number of aliphatic imine (C=N–C) groups is 1. The summed E-state index contributed by atoms with van der Waals surface area (Å²) in [5.41, 5.74) is 1.30. The molecule has 1 N–H and O–H groups in total. The van der Waals surface area contributed by atoms with Crippen molar-refractivity contribution in [2.24, 2.45) is 4.99 Å². The molecule has 25 heavy (non-hydrogen) atoms. The molecule has 0 spiro atoms. The summed E-state index contributed by atoms with van der Waals surface area (Å²) in [5, 5.41) is 4.52. The maximum Gasteiger partial charge on any atom is 0.194 e. The van der Waals surface area contributed by atoms with E-state index in [1.54, 1.807) is 11.3 Å². The van der Waals surface area contributed by atoms with Gasteiger partial charge in [0.05, 0.1) is 11.6 Å². The Balaban J connectivity index is 0.00000225. The zero-order valence-corrected chi connectivity index (χ0v) is 18.0. The lowest BCUT2D eigenvalue weighted by atomic mass is 10.2. The van der Waals surface area contributed by atoms with Gasteiger partial charge in [-0.05, 0) is 26.0 Å². The van der Waals surface area contributed by atoms with Gasteiger partial charge in [-0.25, -0.2) is 9.98 Å². The number of halogens is 1. The Morgan fingerprint density at radius 1 is 1.20 bits per heavy atom. The fourth-order valence-electron chi connectivity index (χ4n) is 2.87. The van der Waals surface area contributed by atoms with Crippen LogP contribution in [-0.2, 0) is 6.54 Å². The van der Waals surface area contributed by atoms with E-state index < -0.39 is 0 Å². The molecule has 0 aliphatic carbocycles. The van der Waals surface area contributed by atoms with Crippen molar-refractivity contribution >= 4 is 47.0 Å². The fraction of sp³-hybridized carbons (Fsp3) is 0.444. The molecule has 2 heterocycles. The molecule has 0 radical (unpaired) electrons. The number of rotatable bonds is 4. The van der Waals surface area contributed by atoms with E-state index in [2.05, 4.69) is 57.4 Å². The second-order valence-corrected chi connectivity index (χ2v) is 7.14. The van der Waals surface area contributed by atoms with Crippen molar-refractivity contribution in [3.63, 3.8) is 0 Å². The number of aryl methyl sites for hydroxylation is 1. The van der Waals surface area contributed by atoms with E-state index in [1.807, 2.05) is 13.1 Å². The largest absolute Gasteiger partial charge is 0.368 e. The first-order valence-corrected chi connectivity index (χ1v) is 9.32. The Morgan fingerprint density at radius 3 is 2.52 bits per heavy atom. The van der Waals surface area contributed by atoms with Gasteiger partial charge < -0.3 is 15.1 Å². The Morgan fingerprint density at radius 2 is 1.92 bits per heavy atom. The number of hydrogen-bond acceptors (Lipinski definition) is 4. The Hall–Kier alpha value is -1.35. The molecule has 0 atom stereocenters. The lowest BCUT2D eigenvalue weighted by molar-refractivity contribution is 0.372. The van der Waals surface area contributed by atoms with E-state index in [0.29, 0.717) is 6.54 Å². The highest BCUT2D eigenvalue weighted by Gasteiger charge is 2.19. The summed E-state index contributed by atoms with van der Waals surface area (Å²) in [7, 11) is 0. The number of piperazine rings is 1. The van der Waals surface area contributed by atoms with Gasteiger partial charge in [-0.1, -0.05) is 18.2 Å². The number of aromatic nitrogens is 1. The van der Waals surface area contributed by atoms with Gasteiger partial charge in [0.2, 0.25) is 0 Å². The van der Waals surface area contributed by atoms with Crippen molar-refractivity contribution < 1.29 is 0 Å². The van der Waals surface area contributed by atoms with Crippen LogP contribution in [0.15, 0.2) is 41.5 Å². The second-order valence-electron chi connectivity index (χ2n) is 5.83. The van der Waals surface area contributed by atoms with Crippen LogP contribution >= 0.6 is 35.3 Å². The number of nitrogens with one attached hydrogen (secondary N) is 1. The lowest BCUT2D eigenvalue weighted by Crippen LogP contribution is -2.52. The topological polar surface area (TPSA) is 43.8 Å². The van der Waals surface area contributed by atoms with Crippen molar-refractivity contribution in [1.82, 2.24) is 15.2 Å². The van der Waals surface area contributed by atoms with Gasteiger partial charge in [-0.2, -0.15) is 0 Å². The molecule has 136 valence electrons. The number of guanidine groups is 1. The van der Waals surface area contributed by atoms with Crippen LogP contribution in [0.2, 0.25) is 0 Å². The predicted molar refractivity (Wildman–Crippen MR) is 117 cm³/mol. The van der Waals surface area contributed by atoms with Crippen LogP contribution in [0.4, 0.5) is 5.69 Å². The maximum absolute atomic E-state index is 4.80. The molecule has 1 aliphatic rings. The van der Waals surface area contributed by atoms with Crippen LogP contribution in [0.5, 0.6) is 0 Å². The molecule has 0 bridgehead atoms. The van der Waals surface area contributed by atoms with Crippen LogP contribution in [0, 0.1) is 6.92 Å². The summed E-state index contributed by atoms with van der Waals surface area (Å²) in [6.07, 6.45) is 1.93. The molecule has 7 heteroatoms. The number of nitrogens with zero attached hydrogens (tertiary/aromatic N) is 4. The molecule has 2 aromatic rings. The summed E-state index contributed by atoms with van der Waals surface area (Å²) >= 11 is 1.72. The number of thiazole rings is 1. The molecule has 0 unspecified atom stereocenters. The van der Waals surface area contributed by atoms with Crippen molar-refractivity contribution in [1.29, 1.82) is 0 Å². The minimum absolute atomic E-state index is 0. The van der Waals surface area contributed by atoms with Gasteiger partial charge in [-0.15, -0.1) is 35.3 Å². The molecule has 1 saturated heterocycles. The lowest BCUT2D eigenvalue weighted by Gasteiger charge is -2.37. The first-order valence-electron chi connectivity index (χ1n) is 8.51. The first-order chi connectivity index (χ1) is 11.8. The van der Waals surface area contributed by atoms with Crippen LogP contribution < -0.4 is 10.2 Å². The van der Waals surface area contributed by atoms with E-state index in [-0.39, 0.29) is 24.0 Å². The van der Waals surface area contributed by atoms with Crippen molar-refractivity contribution in [3.8, 4) is 0 Å². The minimum atomic E-state index is 0. The van der Waals surface area contributed by atoms with Gasteiger partial charge in [0.15, 0.2) is 5.96 Å². The molecular formula is C18H26IN5S. The van der Waals surface area contributed by atoms with Crippen molar-refractivity contribution in [2.75, 3.05) is 37.6 Å². The Bertz CT molecular complexity index is 665. The van der Waals surface area contributed by atoms with Crippen LogP contribution in [0.25, 0.3) is 0 Å². The highest BCUT2D eigenvalue weighted by Crippen LogP contribution is 2.16. The van der Waals surface area contributed by atoms with Gasteiger partial charge in [-0.3, -0.25) is 0 Å². The van der Waals surface area contributed by atoms with Crippen LogP contribution in [0.3, 0.4) is 0 Å². The van der Waals surface area contributed by atoms with Crippen LogP contribution in [0.1, 0.15) is 16.8 Å². The summed E-state index contributed by atoms with van der Waals surface area (Å²) < 4.78 is 0. The van der Waals surface area contributed by atoms with E-state index in [4.69, 9.17) is 4.99 Å². The normalized spacial score (nSPS) is 15.0. The molecule has 0 amide bonds. The van der Waals surface area contributed by atoms with Crippen molar-refractivity contribution in [2.45, 2.75) is 20.4 Å². The molecule has 1 aliphatic heterocycles. The maximum atomic E-state index is 4.80. The average Bonchev–Trinajstić information content (AvgIpc) is 3.05. The highest BCUT2D eigenvalue weighted by atomic mass is 127. The summed E-state index contributed by atoms with van der Waals surface area (Å²) in [5.74, 6) is 1.01. The van der Waals surface area contributed by atoms with Crippen molar-refractivity contribution in [3.05, 3.63) is 46.4 Å². The third-order valence-corrected chi connectivity index (χ3v) is 4.99. The van der Waals surface area contributed by atoms with Gasteiger partial charge >= 0.3 is 0 Å². The molecule has 3 rings (SSSR count). The van der Waals surface area contributed by atoms with E-state index in [1.165, 1.54) is 10.6 Å². The molecular weight excluding hydrogens is 445 g/mol. The smallest absolute Gasteiger partial charge is 0.194 e. The molecule has 5 nitrogen and oxygen atoms in total. The highest BCUT2D eigenvalue weighted by molar-refractivity contribution is 14.0. The summed E-state index contributed by atoms with van der Waals surface area (Å²) in [6, 6.07) is 10.6. The summed E-state index contributed by atoms with van der Waals surface area (Å²) in [6.45, 7) is 9.76. The molecule has 0 saturated carbocycles. The SMILES string of the molecule is CCNC(=NCc1cnc(C)s1)N1CCN(c2ccccc2)CC1.I. The fourth-order valence-corrected chi connectivity index (χ4v) is 3.59. The average molecular weight is 471 g/mol. The first kappa shape index (κ1) is 20.0. The zero-order chi connectivity index (χ0) is 16.8. The number of para-hydroxylation sites is 1.